The van der Waals surface area contributed by atoms with Crippen LogP contribution in [0.15, 0.2) is 75.9 Å². The number of halogens is 1. The van der Waals surface area contributed by atoms with E-state index in [2.05, 4.69) is 0 Å². The number of carbonyl (C=O) groups excluding carboxylic acids is 1. The van der Waals surface area contributed by atoms with Crippen molar-refractivity contribution in [2.75, 3.05) is 13.7 Å². The second-order valence-corrected chi connectivity index (χ2v) is 8.22. The molecule has 3 aromatic carbocycles. The topological polar surface area (TPSA) is 59.8 Å². The van der Waals surface area contributed by atoms with Crippen molar-refractivity contribution in [2.45, 2.75) is 19.4 Å². The van der Waals surface area contributed by atoms with Gasteiger partial charge in [0.15, 0.2) is 5.43 Å². The van der Waals surface area contributed by atoms with Gasteiger partial charge >= 0.3 is 0 Å². The molecule has 1 aromatic heterocycles. The van der Waals surface area contributed by atoms with Gasteiger partial charge in [0.1, 0.15) is 17.1 Å². The smallest absolute Gasteiger partial charge is 0.290 e. The fourth-order valence-electron chi connectivity index (χ4n) is 4.40. The molecule has 1 aliphatic rings. The Hall–Kier alpha value is -3.93. The van der Waals surface area contributed by atoms with Crippen LogP contribution in [0.5, 0.6) is 5.75 Å². The molecule has 1 amide bonds. The van der Waals surface area contributed by atoms with Gasteiger partial charge in [-0.3, -0.25) is 9.59 Å². The predicted molar refractivity (Wildman–Crippen MR) is 123 cm³/mol. The SMILES string of the molecule is COc1ccc(CCN2C(=O)c3oc4ccc(C)cc4c(=O)c3[C@@H]2c2ccc(F)cc2)cc1. The van der Waals surface area contributed by atoms with Crippen LogP contribution in [-0.2, 0) is 6.42 Å². The third kappa shape index (κ3) is 3.67. The quantitative estimate of drug-likeness (QED) is 0.434. The number of ether oxygens (including phenoxy) is 1. The molecule has 0 saturated carbocycles. The summed E-state index contributed by atoms with van der Waals surface area (Å²) in [6, 6.07) is 18.2. The van der Waals surface area contributed by atoms with Gasteiger partial charge in [-0.25, -0.2) is 4.39 Å². The fraction of sp³-hybridized carbons (Fsp3) is 0.185. The van der Waals surface area contributed by atoms with E-state index in [4.69, 9.17) is 9.15 Å². The number of amides is 1. The number of fused-ring (bicyclic) bond motifs is 2. The average molecular weight is 443 g/mol. The van der Waals surface area contributed by atoms with Gasteiger partial charge in [-0.1, -0.05) is 35.9 Å². The van der Waals surface area contributed by atoms with Crippen LogP contribution in [0.4, 0.5) is 4.39 Å². The third-order valence-corrected chi connectivity index (χ3v) is 6.11. The molecule has 6 heteroatoms. The molecule has 0 fully saturated rings. The first-order valence-electron chi connectivity index (χ1n) is 10.7. The number of carbonyl (C=O) groups is 1. The molecule has 0 bridgehead atoms. The van der Waals surface area contributed by atoms with Crippen molar-refractivity contribution in [1.29, 1.82) is 0 Å². The van der Waals surface area contributed by atoms with Gasteiger partial charge < -0.3 is 14.1 Å². The zero-order chi connectivity index (χ0) is 23.1. The van der Waals surface area contributed by atoms with E-state index in [1.54, 1.807) is 36.3 Å². The Morgan fingerprint density at radius 2 is 1.73 bits per heavy atom. The number of nitrogens with zero attached hydrogens (tertiary/aromatic N) is 1. The Morgan fingerprint density at radius 1 is 1.00 bits per heavy atom. The Balaban J connectivity index is 1.60. The van der Waals surface area contributed by atoms with Crippen LogP contribution in [0.2, 0.25) is 0 Å². The molecule has 33 heavy (non-hydrogen) atoms. The molecule has 0 spiro atoms. The molecule has 1 atom stereocenters. The maximum Gasteiger partial charge on any atom is 0.290 e. The number of benzene rings is 3. The summed E-state index contributed by atoms with van der Waals surface area (Å²) in [6.07, 6.45) is 0.578. The van der Waals surface area contributed by atoms with E-state index in [0.717, 1.165) is 16.9 Å². The number of hydrogen-bond donors (Lipinski definition) is 0. The van der Waals surface area contributed by atoms with Gasteiger partial charge in [0, 0.05) is 6.54 Å². The summed E-state index contributed by atoms with van der Waals surface area (Å²) in [5.41, 5.74) is 3.07. The summed E-state index contributed by atoms with van der Waals surface area (Å²) in [4.78, 5) is 28.6. The highest BCUT2D eigenvalue weighted by Crippen LogP contribution is 2.38. The van der Waals surface area contributed by atoms with Gasteiger partial charge in [0.25, 0.3) is 5.91 Å². The van der Waals surface area contributed by atoms with Crippen LogP contribution in [0, 0.1) is 12.7 Å². The third-order valence-electron chi connectivity index (χ3n) is 6.11. The summed E-state index contributed by atoms with van der Waals surface area (Å²) in [5.74, 6) is 0.0893. The molecule has 0 saturated heterocycles. The fourth-order valence-corrected chi connectivity index (χ4v) is 4.40. The summed E-state index contributed by atoms with van der Waals surface area (Å²) in [6.45, 7) is 2.27. The number of hydrogen-bond acceptors (Lipinski definition) is 4. The van der Waals surface area contributed by atoms with Gasteiger partial charge in [0.2, 0.25) is 5.76 Å². The molecule has 4 aromatic rings. The van der Waals surface area contributed by atoms with Crippen molar-refractivity contribution >= 4 is 16.9 Å². The lowest BCUT2D eigenvalue weighted by atomic mass is 9.98. The standard InChI is InChI=1S/C27H22FNO4/c1-16-3-12-22-21(15-16)25(30)23-24(18-6-8-19(28)9-7-18)29(27(31)26(23)33-22)14-13-17-4-10-20(32-2)11-5-17/h3-12,15,24H,13-14H2,1-2H3/t24-/m0/s1. The van der Waals surface area contributed by atoms with Crippen molar-refractivity contribution in [2.24, 2.45) is 0 Å². The van der Waals surface area contributed by atoms with E-state index in [1.807, 2.05) is 37.3 Å². The van der Waals surface area contributed by atoms with Crippen molar-refractivity contribution in [1.82, 2.24) is 4.90 Å². The maximum atomic E-state index is 13.6. The molecule has 0 radical (unpaired) electrons. The van der Waals surface area contributed by atoms with E-state index in [1.165, 1.54) is 12.1 Å². The molecule has 1 aliphatic heterocycles. The Kier molecular flexibility index (Phi) is 5.21. The highest BCUT2D eigenvalue weighted by atomic mass is 19.1. The monoisotopic (exact) mass is 443 g/mol. The molecule has 5 rings (SSSR count). The highest BCUT2D eigenvalue weighted by molar-refractivity contribution is 5.99. The van der Waals surface area contributed by atoms with Crippen LogP contribution in [-0.4, -0.2) is 24.5 Å². The molecule has 2 heterocycles. The van der Waals surface area contributed by atoms with Crippen LogP contribution in [0.25, 0.3) is 11.0 Å². The molecule has 0 unspecified atom stereocenters. The molecule has 0 N–H and O–H groups in total. The van der Waals surface area contributed by atoms with E-state index in [9.17, 15) is 14.0 Å². The minimum absolute atomic E-state index is 0.0559. The summed E-state index contributed by atoms with van der Waals surface area (Å²) in [7, 11) is 1.61. The van der Waals surface area contributed by atoms with E-state index < -0.39 is 6.04 Å². The van der Waals surface area contributed by atoms with Gasteiger partial charge in [-0.05, 0) is 60.9 Å². The van der Waals surface area contributed by atoms with E-state index in [-0.39, 0.29) is 22.9 Å². The Bertz CT molecular complexity index is 1410. The van der Waals surface area contributed by atoms with Gasteiger partial charge in [0.05, 0.1) is 24.1 Å². The highest BCUT2D eigenvalue weighted by Gasteiger charge is 2.42. The van der Waals surface area contributed by atoms with Crippen molar-refractivity contribution in [3.63, 3.8) is 0 Å². The van der Waals surface area contributed by atoms with Crippen LogP contribution >= 0.6 is 0 Å². The van der Waals surface area contributed by atoms with Gasteiger partial charge in [-0.15, -0.1) is 0 Å². The lowest BCUT2D eigenvalue weighted by Crippen LogP contribution is -2.31. The van der Waals surface area contributed by atoms with E-state index in [0.29, 0.717) is 35.1 Å². The van der Waals surface area contributed by atoms with Crippen LogP contribution in [0.1, 0.15) is 38.9 Å². The van der Waals surface area contributed by atoms with Crippen LogP contribution < -0.4 is 10.2 Å². The van der Waals surface area contributed by atoms with E-state index >= 15 is 0 Å². The Labute approximate surface area is 190 Å². The second-order valence-electron chi connectivity index (χ2n) is 8.22. The summed E-state index contributed by atoms with van der Waals surface area (Å²) >= 11 is 0. The zero-order valence-corrected chi connectivity index (χ0v) is 18.3. The second kappa shape index (κ2) is 8.20. The molecule has 166 valence electrons. The zero-order valence-electron chi connectivity index (χ0n) is 18.3. The predicted octanol–water partition coefficient (Wildman–Crippen LogP) is 5.04. The minimum atomic E-state index is -0.646. The Morgan fingerprint density at radius 3 is 2.42 bits per heavy atom. The summed E-state index contributed by atoms with van der Waals surface area (Å²) in [5, 5.41) is 0.436. The molecule has 5 nitrogen and oxygen atoms in total. The first-order valence-corrected chi connectivity index (χ1v) is 10.7. The lowest BCUT2D eigenvalue weighted by Gasteiger charge is -2.25. The van der Waals surface area contributed by atoms with Crippen molar-refractivity contribution in [3.05, 3.63) is 111 Å². The first-order chi connectivity index (χ1) is 16.0. The normalized spacial score (nSPS) is 15.2. The molecular formula is C27H22FNO4. The minimum Gasteiger partial charge on any atom is -0.497 e. The largest absolute Gasteiger partial charge is 0.497 e. The van der Waals surface area contributed by atoms with Crippen LogP contribution in [0.3, 0.4) is 0 Å². The number of aryl methyl sites for hydroxylation is 1. The first kappa shape index (κ1) is 20.9. The van der Waals surface area contributed by atoms with Crippen molar-refractivity contribution in [3.8, 4) is 5.75 Å². The molecule has 0 aliphatic carbocycles. The van der Waals surface area contributed by atoms with Gasteiger partial charge in [-0.2, -0.15) is 0 Å². The number of methoxy groups -OCH3 is 1. The molecular weight excluding hydrogens is 421 g/mol. The maximum absolute atomic E-state index is 13.6. The summed E-state index contributed by atoms with van der Waals surface area (Å²) < 4.78 is 24.8. The average Bonchev–Trinajstić information content (AvgIpc) is 3.11. The number of rotatable bonds is 5. The lowest BCUT2D eigenvalue weighted by molar-refractivity contribution is 0.0730. The van der Waals surface area contributed by atoms with Crippen molar-refractivity contribution < 1.29 is 18.3 Å².